The monoisotopic (exact) mass is 393 g/mol. The number of hydrogen-bond donors (Lipinski definition) is 0. The maximum absolute atomic E-state index is 14.3. The molecule has 3 nitrogen and oxygen atoms in total. The van der Waals surface area contributed by atoms with Crippen LogP contribution in [0.1, 0.15) is 36.8 Å². The van der Waals surface area contributed by atoms with Crippen molar-refractivity contribution in [2.24, 2.45) is 0 Å². The molecule has 2 aromatic carbocycles. The number of esters is 1. The van der Waals surface area contributed by atoms with Gasteiger partial charge < -0.3 is 9.64 Å². The van der Waals surface area contributed by atoms with Gasteiger partial charge in [0.05, 0.1) is 13.0 Å². The Morgan fingerprint density at radius 1 is 1.15 bits per heavy atom. The van der Waals surface area contributed by atoms with Gasteiger partial charge in [-0.15, -0.1) is 0 Å². The average Bonchev–Trinajstić information content (AvgIpc) is 2.64. The van der Waals surface area contributed by atoms with Gasteiger partial charge in [0.15, 0.2) is 0 Å². The summed E-state index contributed by atoms with van der Waals surface area (Å²) in [5.41, 5.74) is 1.79. The fraction of sp³-hybridized carbons (Fsp3) is 0.381. The molecule has 0 spiro atoms. The molecule has 0 radical (unpaired) electrons. The summed E-state index contributed by atoms with van der Waals surface area (Å²) in [6.45, 7) is 3.42. The second-order valence-corrected chi connectivity index (χ2v) is 7.12. The number of benzene rings is 2. The van der Waals surface area contributed by atoms with Crippen LogP contribution in [0.25, 0.3) is 0 Å². The van der Waals surface area contributed by atoms with Crippen LogP contribution >= 0.6 is 11.6 Å². The van der Waals surface area contributed by atoms with Gasteiger partial charge in [0.2, 0.25) is 0 Å². The number of anilines is 1. The Kier molecular flexibility index (Phi) is 6.32. The van der Waals surface area contributed by atoms with Crippen molar-refractivity contribution in [2.45, 2.75) is 32.1 Å². The molecule has 1 saturated heterocycles. The summed E-state index contributed by atoms with van der Waals surface area (Å²) < 4.78 is 33.3. The number of carbonyl (C=O) groups is 1. The average molecular weight is 394 g/mol. The normalized spacial score (nSPS) is 15.0. The van der Waals surface area contributed by atoms with Crippen LogP contribution in [0.3, 0.4) is 0 Å². The van der Waals surface area contributed by atoms with Crippen LogP contribution in [-0.4, -0.2) is 25.7 Å². The Morgan fingerprint density at radius 3 is 2.52 bits per heavy atom. The van der Waals surface area contributed by atoms with Crippen molar-refractivity contribution in [3.8, 4) is 0 Å². The molecule has 1 aliphatic rings. The highest BCUT2D eigenvalue weighted by molar-refractivity contribution is 6.30. The summed E-state index contributed by atoms with van der Waals surface area (Å²) in [6.07, 6.45) is 1.49. The molecule has 0 aliphatic carbocycles. The van der Waals surface area contributed by atoms with Gasteiger partial charge in [-0.25, -0.2) is 8.78 Å². The van der Waals surface area contributed by atoms with E-state index in [4.69, 9.17) is 16.3 Å². The lowest BCUT2D eigenvalue weighted by Crippen LogP contribution is -2.33. The summed E-state index contributed by atoms with van der Waals surface area (Å²) >= 11 is 5.82. The summed E-state index contributed by atoms with van der Waals surface area (Å²) in [5.74, 6) is -0.983. The van der Waals surface area contributed by atoms with Gasteiger partial charge >= 0.3 is 5.97 Å². The summed E-state index contributed by atoms with van der Waals surface area (Å²) in [4.78, 5) is 13.6. The number of halogens is 3. The molecule has 3 rings (SSSR count). The van der Waals surface area contributed by atoms with Crippen LogP contribution in [0.15, 0.2) is 36.4 Å². The molecule has 0 bridgehead atoms. The van der Waals surface area contributed by atoms with Crippen LogP contribution in [0.4, 0.5) is 14.5 Å². The van der Waals surface area contributed by atoms with Crippen molar-refractivity contribution in [1.29, 1.82) is 0 Å². The number of hydrogen-bond acceptors (Lipinski definition) is 3. The zero-order chi connectivity index (χ0) is 19.4. The molecule has 0 unspecified atom stereocenters. The number of nitrogens with zero attached hydrogens (tertiary/aromatic N) is 1. The first kappa shape index (κ1) is 19.6. The fourth-order valence-corrected chi connectivity index (χ4v) is 3.68. The molecule has 0 N–H and O–H groups in total. The van der Waals surface area contributed by atoms with Gasteiger partial charge in [0.25, 0.3) is 0 Å². The summed E-state index contributed by atoms with van der Waals surface area (Å²) in [7, 11) is 0. The molecular weight excluding hydrogens is 372 g/mol. The van der Waals surface area contributed by atoms with Crippen LogP contribution < -0.4 is 4.90 Å². The Hall–Kier alpha value is -2.14. The van der Waals surface area contributed by atoms with Gasteiger partial charge in [-0.3, -0.25) is 4.79 Å². The van der Waals surface area contributed by atoms with E-state index < -0.39 is 11.8 Å². The Labute approximate surface area is 162 Å². The number of piperidine rings is 1. The molecule has 1 aliphatic heterocycles. The van der Waals surface area contributed by atoms with Gasteiger partial charge in [0, 0.05) is 23.8 Å². The molecule has 0 saturated carbocycles. The van der Waals surface area contributed by atoms with Gasteiger partial charge in [0.1, 0.15) is 11.6 Å². The van der Waals surface area contributed by atoms with Gasteiger partial charge in [-0.1, -0.05) is 23.7 Å². The predicted octanol–water partition coefficient (Wildman–Crippen LogP) is 5.11. The molecule has 1 heterocycles. The van der Waals surface area contributed by atoms with Crippen molar-refractivity contribution in [2.75, 3.05) is 24.6 Å². The zero-order valence-corrected chi connectivity index (χ0v) is 15.9. The second kappa shape index (κ2) is 8.70. The molecule has 6 heteroatoms. The highest BCUT2D eigenvalue weighted by atomic mass is 35.5. The SMILES string of the molecule is CCOC(=O)Cc1ccc(N2CCC(c3ccc(Cl)cc3F)CC2)cc1F. The molecule has 2 aromatic rings. The predicted molar refractivity (Wildman–Crippen MR) is 102 cm³/mol. The maximum atomic E-state index is 14.3. The fourth-order valence-electron chi connectivity index (χ4n) is 3.53. The number of carbonyl (C=O) groups excluding carboxylic acids is 1. The Bertz CT molecular complexity index is 820. The van der Waals surface area contributed by atoms with E-state index in [1.807, 2.05) is 6.07 Å². The highest BCUT2D eigenvalue weighted by Crippen LogP contribution is 2.33. The first-order valence-corrected chi connectivity index (χ1v) is 9.49. The standard InChI is InChI=1S/C21H22ClF2NO2/c1-2-27-21(26)11-15-3-5-17(13-19(15)23)25-9-7-14(8-10-25)18-6-4-16(22)12-20(18)24/h3-6,12-14H,2,7-11H2,1H3. The third kappa shape index (κ3) is 4.78. The van der Waals surface area contributed by atoms with E-state index >= 15 is 0 Å². The smallest absolute Gasteiger partial charge is 0.310 e. The minimum Gasteiger partial charge on any atom is -0.466 e. The molecule has 144 valence electrons. The van der Waals surface area contributed by atoms with E-state index in [1.54, 1.807) is 25.1 Å². The van der Waals surface area contributed by atoms with Gasteiger partial charge in [-0.05, 0) is 61.1 Å². The quantitative estimate of drug-likeness (QED) is 0.661. The Morgan fingerprint density at radius 2 is 1.89 bits per heavy atom. The lowest BCUT2D eigenvalue weighted by Gasteiger charge is -2.34. The largest absolute Gasteiger partial charge is 0.466 e. The van der Waals surface area contributed by atoms with E-state index in [2.05, 4.69) is 4.90 Å². The number of ether oxygens (including phenoxy) is 1. The third-order valence-corrected chi connectivity index (χ3v) is 5.17. The van der Waals surface area contributed by atoms with Crippen LogP contribution in [0.2, 0.25) is 5.02 Å². The van der Waals surface area contributed by atoms with E-state index in [-0.39, 0.29) is 24.8 Å². The minimum absolute atomic E-state index is 0.0716. The lowest BCUT2D eigenvalue weighted by molar-refractivity contribution is -0.142. The van der Waals surface area contributed by atoms with Crippen molar-refractivity contribution in [3.05, 3.63) is 64.2 Å². The van der Waals surface area contributed by atoms with E-state index in [9.17, 15) is 13.6 Å². The second-order valence-electron chi connectivity index (χ2n) is 6.68. The topological polar surface area (TPSA) is 29.5 Å². The maximum Gasteiger partial charge on any atom is 0.310 e. The van der Waals surface area contributed by atoms with Crippen LogP contribution in [-0.2, 0) is 16.0 Å². The number of rotatable bonds is 5. The van der Waals surface area contributed by atoms with Crippen molar-refractivity contribution < 1.29 is 18.3 Å². The molecule has 1 fully saturated rings. The molecule has 27 heavy (non-hydrogen) atoms. The zero-order valence-electron chi connectivity index (χ0n) is 15.2. The Balaban J connectivity index is 1.64. The van der Waals surface area contributed by atoms with E-state index in [0.717, 1.165) is 18.5 Å². The van der Waals surface area contributed by atoms with E-state index in [1.165, 1.54) is 12.1 Å². The van der Waals surface area contributed by atoms with Crippen LogP contribution in [0, 0.1) is 11.6 Å². The van der Waals surface area contributed by atoms with Gasteiger partial charge in [-0.2, -0.15) is 0 Å². The minimum atomic E-state index is -0.435. The molecule has 0 aromatic heterocycles. The lowest BCUT2D eigenvalue weighted by atomic mass is 9.89. The molecule has 0 atom stereocenters. The highest BCUT2D eigenvalue weighted by Gasteiger charge is 2.23. The molecule has 0 amide bonds. The van der Waals surface area contributed by atoms with Crippen molar-refractivity contribution >= 4 is 23.3 Å². The van der Waals surface area contributed by atoms with Crippen molar-refractivity contribution in [1.82, 2.24) is 0 Å². The molecular formula is C21H22ClF2NO2. The summed E-state index contributed by atoms with van der Waals surface area (Å²) in [6, 6.07) is 9.72. The van der Waals surface area contributed by atoms with Crippen LogP contribution in [0.5, 0.6) is 0 Å². The first-order valence-electron chi connectivity index (χ1n) is 9.12. The van der Waals surface area contributed by atoms with Crippen molar-refractivity contribution in [3.63, 3.8) is 0 Å². The van der Waals surface area contributed by atoms with E-state index in [0.29, 0.717) is 29.2 Å². The third-order valence-electron chi connectivity index (χ3n) is 4.94. The summed E-state index contributed by atoms with van der Waals surface area (Å²) in [5, 5.41) is 0.395. The first-order chi connectivity index (χ1) is 13.0.